The summed E-state index contributed by atoms with van der Waals surface area (Å²) in [5.41, 5.74) is 13.1. The first-order valence-corrected chi connectivity index (χ1v) is 10.7. The van der Waals surface area contributed by atoms with Crippen LogP contribution in [0.15, 0.2) is 47.5 Å². The molecule has 0 aliphatic rings. The summed E-state index contributed by atoms with van der Waals surface area (Å²) < 4.78 is 10.7. The molecule has 2 aromatic rings. The van der Waals surface area contributed by atoms with E-state index in [4.69, 9.17) is 20.9 Å². The third kappa shape index (κ3) is 8.57. The second kappa shape index (κ2) is 11.3. The smallest absolute Gasteiger partial charge is 0.343 e. The van der Waals surface area contributed by atoms with Crippen LogP contribution in [0, 0.1) is 5.41 Å². The number of benzene rings is 2. The normalized spacial score (nSPS) is 10.9. The van der Waals surface area contributed by atoms with Gasteiger partial charge in [-0.1, -0.05) is 26.8 Å². The molecule has 2 aromatic carbocycles. The van der Waals surface area contributed by atoms with E-state index in [0.29, 0.717) is 23.4 Å². The van der Waals surface area contributed by atoms with E-state index < -0.39 is 11.9 Å². The summed E-state index contributed by atoms with van der Waals surface area (Å²) in [6.07, 6.45) is 0.650. The summed E-state index contributed by atoms with van der Waals surface area (Å²) in [5, 5.41) is 0. The van der Waals surface area contributed by atoms with E-state index in [-0.39, 0.29) is 30.3 Å². The first-order valence-electron chi connectivity index (χ1n) is 10.7. The van der Waals surface area contributed by atoms with Gasteiger partial charge in [0.1, 0.15) is 5.75 Å². The summed E-state index contributed by atoms with van der Waals surface area (Å²) in [5.74, 6) is -1.05. The van der Waals surface area contributed by atoms with Gasteiger partial charge in [-0.25, -0.2) is 9.79 Å². The van der Waals surface area contributed by atoms with Crippen LogP contribution in [0.25, 0.3) is 0 Å². The number of carbonyl (C=O) groups is 3. The van der Waals surface area contributed by atoms with E-state index in [1.54, 1.807) is 56.6 Å². The molecule has 2 rings (SSSR count). The minimum atomic E-state index is -0.535. The Morgan fingerprint density at radius 2 is 1.62 bits per heavy atom. The molecule has 34 heavy (non-hydrogen) atoms. The van der Waals surface area contributed by atoms with Crippen molar-refractivity contribution in [1.82, 2.24) is 4.90 Å². The van der Waals surface area contributed by atoms with Gasteiger partial charge in [-0.05, 0) is 59.4 Å². The minimum Gasteiger partial charge on any atom is -0.455 e. The lowest BCUT2D eigenvalue weighted by molar-refractivity contribution is -0.150. The Kier molecular flexibility index (Phi) is 8.77. The van der Waals surface area contributed by atoms with Crippen molar-refractivity contribution in [2.75, 3.05) is 20.7 Å². The minimum absolute atomic E-state index is 0.00655. The Morgan fingerprint density at radius 3 is 2.18 bits per heavy atom. The Labute approximate surface area is 199 Å². The highest BCUT2D eigenvalue weighted by Gasteiger charge is 2.19. The fourth-order valence-corrected chi connectivity index (χ4v) is 3.04. The average Bonchev–Trinajstić information content (AvgIpc) is 2.72. The predicted molar refractivity (Wildman–Crippen MR) is 130 cm³/mol. The zero-order valence-corrected chi connectivity index (χ0v) is 20.3. The molecule has 0 saturated heterocycles. The number of esters is 2. The maximum Gasteiger partial charge on any atom is 0.343 e. The molecule has 1 amide bonds. The van der Waals surface area contributed by atoms with Gasteiger partial charge in [0.2, 0.25) is 0 Å². The summed E-state index contributed by atoms with van der Waals surface area (Å²) in [6.45, 7) is 5.91. The summed E-state index contributed by atoms with van der Waals surface area (Å²) in [6, 6.07) is 11.5. The van der Waals surface area contributed by atoms with Gasteiger partial charge in [0.15, 0.2) is 12.6 Å². The van der Waals surface area contributed by atoms with E-state index in [1.165, 1.54) is 4.90 Å². The number of aliphatic imine (C=N–C) groups is 1. The molecule has 4 N–H and O–H groups in total. The quantitative estimate of drug-likeness (QED) is 0.263. The van der Waals surface area contributed by atoms with Crippen molar-refractivity contribution in [3.05, 3.63) is 59.2 Å². The Morgan fingerprint density at radius 1 is 0.971 bits per heavy atom. The van der Waals surface area contributed by atoms with Crippen LogP contribution in [0.2, 0.25) is 0 Å². The Balaban J connectivity index is 2.17. The van der Waals surface area contributed by atoms with Crippen molar-refractivity contribution in [1.29, 1.82) is 0 Å². The van der Waals surface area contributed by atoms with Gasteiger partial charge in [0.05, 0.1) is 17.7 Å². The lowest BCUT2D eigenvalue weighted by Gasteiger charge is -2.21. The first kappa shape index (κ1) is 26.4. The number of rotatable bonds is 8. The summed E-state index contributed by atoms with van der Waals surface area (Å²) in [7, 11) is 3.19. The summed E-state index contributed by atoms with van der Waals surface area (Å²) in [4.78, 5) is 41.8. The van der Waals surface area contributed by atoms with Gasteiger partial charge < -0.3 is 25.8 Å². The van der Waals surface area contributed by atoms with E-state index >= 15 is 0 Å². The molecule has 0 saturated carbocycles. The van der Waals surface area contributed by atoms with Crippen molar-refractivity contribution >= 4 is 29.5 Å². The van der Waals surface area contributed by atoms with Crippen molar-refractivity contribution in [2.24, 2.45) is 21.9 Å². The van der Waals surface area contributed by atoms with Gasteiger partial charge in [0.25, 0.3) is 5.91 Å². The molecule has 0 aliphatic heterocycles. The highest BCUT2D eigenvalue weighted by molar-refractivity contribution is 5.91. The van der Waals surface area contributed by atoms with E-state index in [2.05, 4.69) is 25.8 Å². The van der Waals surface area contributed by atoms with Crippen LogP contribution in [0.3, 0.4) is 0 Å². The van der Waals surface area contributed by atoms with E-state index in [9.17, 15) is 14.4 Å². The van der Waals surface area contributed by atoms with E-state index in [0.717, 1.165) is 11.1 Å². The molecule has 0 atom stereocenters. The molecular weight excluding hydrogens is 436 g/mol. The molecule has 0 bridgehead atoms. The fraction of sp³-hybridized carbons (Fsp3) is 0.360. The number of guanidine groups is 1. The van der Waals surface area contributed by atoms with Crippen molar-refractivity contribution in [2.45, 2.75) is 33.6 Å². The van der Waals surface area contributed by atoms with Crippen LogP contribution in [-0.2, 0) is 27.2 Å². The Bertz CT molecular complexity index is 1070. The number of likely N-dealkylation sites (N-methyl/N-ethyl adjacent to an activating group) is 1. The standard InChI is InChI=1S/C25H32N4O5/c1-25(2,3)14-18-12-20(11-8-17(18)13-22(31)33-15-21(30)29(4)5)34-23(32)16-6-9-19(10-7-16)28-24(26)27/h6-12H,13-15H2,1-5H3,(H4,26,27,28). The number of nitrogens with zero attached hydrogens (tertiary/aromatic N) is 2. The largest absolute Gasteiger partial charge is 0.455 e. The lowest BCUT2D eigenvalue weighted by Crippen LogP contribution is -2.28. The molecule has 182 valence electrons. The molecule has 0 spiro atoms. The number of amides is 1. The maximum atomic E-state index is 12.6. The highest BCUT2D eigenvalue weighted by atomic mass is 16.5. The van der Waals surface area contributed by atoms with Gasteiger partial charge in [-0.2, -0.15) is 0 Å². The number of nitrogens with two attached hydrogens (primary N) is 2. The molecule has 0 radical (unpaired) electrons. The van der Waals surface area contributed by atoms with Crippen molar-refractivity contribution in [3.63, 3.8) is 0 Å². The van der Waals surface area contributed by atoms with E-state index in [1.807, 2.05) is 0 Å². The molecule has 0 heterocycles. The van der Waals surface area contributed by atoms with Crippen LogP contribution in [-0.4, -0.2) is 49.4 Å². The molecular formula is C25H32N4O5. The van der Waals surface area contributed by atoms with Crippen LogP contribution in [0.4, 0.5) is 5.69 Å². The van der Waals surface area contributed by atoms with Gasteiger partial charge in [0, 0.05) is 14.1 Å². The monoisotopic (exact) mass is 468 g/mol. The van der Waals surface area contributed by atoms with Gasteiger partial charge in [-0.3, -0.25) is 9.59 Å². The second-order valence-corrected chi connectivity index (χ2v) is 9.27. The molecule has 9 heteroatoms. The molecule has 0 fully saturated rings. The number of hydrogen-bond acceptors (Lipinski definition) is 6. The fourth-order valence-electron chi connectivity index (χ4n) is 3.04. The Hall–Kier alpha value is -3.88. The van der Waals surface area contributed by atoms with Crippen molar-refractivity contribution in [3.8, 4) is 5.75 Å². The van der Waals surface area contributed by atoms with Crippen molar-refractivity contribution < 1.29 is 23.9 Å². The first-order chi connectivity index (χ1) is 15.8. The molecule has 0 aliphatic carbocycles. The highest BCUT2D eigenvalue weighted by Crippen LogP contribution is 2.27. The SMILES string of the molecule is CN(C)C(=O)COC(=O)Cc1ccc(OC(=O)c2ccc(N=C(N)N)cc2)cc1CC(C)(C)C. The van der Waals surface area contributed by atoms with Crippen LogP contribution in [0.1, 0.15) is 42.3 Å². The van der Waals surface area contributed by atoms with Crippen LogP contribution in [0.5, 0.6) is 5.75 Å². The second-order valence-electron chi connectivity index (χ2n) is 9.27. The number of carbonyl (C=O) groups excluding carboxylic acids is 3. The van der Waals surface area contributed by atoms with Crippen LogP contribution < -0.4 is 16.2 Å². The topological polar surface area (TPSA) is 137 Å². The van der Waals surface area contributed by atoms with Gasteiger partial charge >= 0.3 is 11.9 Å². The zero-order valence-electron chi connectivity index (χ0n) is 20.3. The zero-order chi connectivity index (χ0) is 25.5. The number of hydrogen-bond donors (Lipinski definition) is 2. The summed E-state index contributed by atoms with van der Waals surface area (Å²) >= 11 is 0. The number of ether oxygens (including phenoxy) is 2. The average molecular weight is 469 g/mol. The predicted octanol–water partition coefficient (Wildman–Crippen LogP) is 2.57. The third-order valence-electron chi connectivity index (χ3n) is 4.66. The molecule has 9 nitrogen and oxygen atoms in total. The third-order valence-corrected chi connectivity index (χ3v) is 4.66. The molecule has 0 unspecified atom stereocenters. The lowest BCUT2D eigenvalue weighted by atomic mass is 9.85. The van der Waals surface area contributed by atoms with Gasteiger partial charge in [-0.15, -0.1) is 0 Å². The van der Waals surface area contributed by atoms with Crippen LogP contribution >= 0.6 is 0 Å². The maximum absolute atomic E-state index is 12.6. The molecule has 0 aromatic heterocycles.